The van der Waals surface area contributed by atoms with Crippen molar-refractivity contribution in [2.75, 3.05) is 0 Å². The molecule has 1 radical (unpaired) electrons. The second-order valence-electron chi connectivity index (χ2n) is 0. The molecule has 0 aliphatic heterocycles. The predicted octanol–water partition coefficient (Wildman–Crippen LogP) is -9.51. The Kier molecular flexibility index (Phi) is 15200000. The largest absolute Gasteiger partial charge is 3.00 e. The molecule has 2 N–H and O–H groups in total. The zero-order valence-corrected chi connectivity index (χ0v) is 4.13. The molecule has 0 atom stereocenters. The minimum Gasteiger partial charge on any atom is -1.00 e. The smallest absolute Gasteiger partial charge is 1.00 e. The molecule has 0 aromatic carbocycles. The van der Waals surface area contributed by atoms with Crippen LogP contribution in [-0.2, 0) is 17.4 Å². The number of halogens is 5. The molecule has 0 saturated heterocycles. The molecule has 0 fully saturated rings. The Balaban J connectivity index is 0. The zero-order chi connectivity index (χ0) is 0. The summed E-state index contributed by atoms with van der Waals surface area (Å²) >= 11 is 0. The molecular weight excluding hydrogens is 163 g/mol. The van der Waals surface area contributed by atoms with Gasteiger partial charge in [-0.1, -0.05) is 0 Å². The number of hydrogen-bond acceptors (Lipinski definition) is 0. The topological polar surface area (TPSA) is 31.5 Å². The molecule has 0 aromatic rings. The fourth-order valence-corrected chi connectivity index (χ4v) is 0. The van der Waals surface area contributed by atoms with Crippen LogP contribution in [0.25, 0.3) is 0 Å². The van der Waals surface area contributed by atoms with Crippen LogP contribution in [0.3, 0.4) is 0 Å². The molecule has 7 heteroatoms. The normalized spacial score (nSPS) is 0. The molecule has 0 rings (SSSR count). The van der Waals surface area contributed by atoms with E-state index in [2.05, 4.69) is 0 Å². The van der Waals surface area contributed by atoms with E-state index in [9.17, 15) is 0 Å². The summed E-state index contributed by atoms with van der Waals surface area (Å²) in [6.45, 7) is 0. The number of rotatable bonds is 0. The van der Waals surface area contributed by atoms with Gasteiger partial charge in [-0.3, -0.25) is 9.41 Å². The third kappa shape index (κ3) is 5190. The van der Waals surface area contributed by atoms with E-state index in [1.54, 1.807) is 0 Å². The van der Waals surface area contributed by atoms with Crippen LogP contribution in [0, 0.1) is 0 Å². The summed E-state index contributed by atoms with van der Waals surface area (Å²) in [6, 6.07) is 0. The van der Waals surface area contributed by atoms with Gasteiger partial charge in [-0.05, 0) is 0 Å². The van der Waals surface area contributed by atoms with Gasteiger partial charge in [-0.2, -0.15) is 0 Å². The molecule has 7 heavy (non-hydrogen) atoms. The van der Waals surface area contributed by atoms with E-state index in [-0.39, 0.29) is 46.4 Å². The molecule has 0 saturated carbocycles. The Hall–Kier alpha value is 0.142. The van der Waals surface area contributed by atoms with E-state index in [4.69, 9.17) is 0 Å². The van der Waals surface area contributed by atoms with Crippen LogP contribution >= 0.6 is 0 Å². The third-order valence-corrected chi connectivity index (χ3v) is 0. The second kappa shape index (κ2) is 8000. The second-order valence-corrected chi connectivity index (χ2v) is 0. The third-order valence-electron chi connectivity index (χ3n) is 0. The van der Waals surface area contributed by atoms with Crippen molar-refractivity contribution in [3.8, 4) is 0 Å². The van der Waals surface area contributed by atoms with Gasteiger partial charge in [0.2, 0.25) is 0 Å². The first-order valence-electron chi connectivity index (χ1n) is 0. The Morgan fingerprint density at radius 2 is 0.571 bits per heavy atom. The van der Waals surface area contributed by atoms with Crippen molar-refractivity contribution in [2.24, 2.45) is 0 Å². The Labute approximate surface area is 47.4 Å². The number of hydrogen-bond donors (Lipinski definition) is 0. The van der Waals surface area contributed by atoms with Crippen molar-refractivity contribution >= 4 is 0 Å². The first-order valence-corrected chi connectivity index (χ1v) is 0. The van der Waals surface area contributed by atoms with Crippen molar-refractivity contribution in [3.05, 3.63) is 0 Å². The molecule has 1 nitrogen and oxygen atoms in total. The standard InChI is InChI=1S/Cr.5FH.H2O/h;5*1H;1H2/q+3;;;;;;/p-3. The molecule has 0 aliphatic rings. The van der Waals surface area contributed by atoms with E-state index >= 15 is 0 Å². The molecule has 0 aliphatic carbocycles. The zero-order valence-electron chi connectivity index (χ0n) is 2.86. The summed E-state index contributed by atoms with van der Waals surface area (Å²) in [6.07, 6.45) is 0. The average molecular weight is 167 g/mol. The van der Waals surface area contributed by atoms with Crippen LogP contribution in [-0.4, -0.2) is 5.48 Å². The van der Waals surface area contributed by atoms with Gasteiger partial charge < -0.3 is 19.6 Å². The first kappa shape index (κ1) is 13300. The maximum Gasteiger partial charge on any atom is 3.00 e. The maximum absolute atomic E-state index is 0. The van der Waals surface area contributed by atoms with Crippen LogP contribution in [0.5, 0.6) is 0 Å². The van der Waals surface area contributed by atoms with E-state index in [0.717, 1.165) is 0 Å². The average Bonchev–Trinajstić information content (AvgIpc) is 0. The molecule has 0 amide bonds. The van der Waals surface area contributed by atoms with Crippen molar-refractivity contribution in [3.63, 3.8) is 0 Å². The molecule has 51 valence electrons. The summed E-state index contributed by atoms with van der Waals surface area (Å²) in [5.74, 6) is 0. The van der Waals surface area contributed by atoms with Gasteiger partial charge in [-0.25, -0.2) is 0 Å². The van der Waals surface area contributed by atoms with Gasteiger partial charge >= 0.3 is 17.4 Å². The summed E-state index contributed by atoms with van der Waals surface area (Å²) in [4.78, 5) is 0. The van der Waals surface area contributed by atoms with Gasteiger partial charge in [-0.15, -0.1) is 0 Å². The van der Waals surface area contributed by atoms with Gasteiger partial charge in [0.1, 0.15) is 0 Å². The van der Waals surface area contributed by atoms with Crippen molar-refractivity contribution in [1.82, 2.24) is 0 Å². The first-order chi connectivity index (χ1) is 0. The Morgan fingerprint density at radius 1 is 0.571 bits per heavy atom. The van der Waals surface area contributed by atoms with Crippen molar-refractivity contribution < 1.29 is 46.4 Å². The summed E-state index contributed by atoms with van der Waals surface area (Å²) in [5.41, 5.74) is 0. The van der Waals surface area contributed by atoms with E-state index in [1.165, 1.54) is 0 Å². The molecule has 0 bridgehead atoms. The van der Waals surface area contributed by atoms with Gasteiger partial charge in [0.25, 0.3) is 0 Å². The molecule has 0 aromatic heterocycles. The quantitative estimate of drug-likeness (QED) is 0.321. The fraction of sp³-hybridized carbons (Fsp3) is 0. The van der Waals surface area contributed by atoms with E-state index in [0.29, 0.717) is 0 Å². The summed E-state index contributed by atoms with van der Waals surface area (Å²) < 4.78 is 0. The molecule has 0 spiro atoms. The van der Waals surface area contributed by atoms with Crippen LogP contribution < -0.4 is 14.1 Å². The van der Waals surface area contributed by atoms with Crippen LogP contribution in [0.2, 0.25) is 0 Å². The van der Waals surface area contributed by atoms with Crippen LogP contribution in [0.15, 0.2) is 0 Å². The monoisotopic (exact) mass is 167 g/mol. The summed E-state index contributed by atoms with van der Waals surface area (Å²) in [5, 5.41) is 0. The summed E-state index contributed by atoms with van der Waals surface area (Å²) in [7, 11) is 0. The molecule has 0 unspecified atom stereocenters. The minimum absolute atomic E-state index is 0. The fourth-order valence-electron chi connectivity index (χ4n) is 0. The van der Waals surface area contributed by atoms with Crippen LogP contribution in [0.1, 0.15) is 0 Å². The maximum atomic E-state index is 0. The van der Waals surface area contributed by atoms with Gasteiger partial charge in [0.05, 0.1) is 0 Å². The predicted molar refractivity (Wildman–Crippen MR) is 8.62 cm³/mol. The van der Waals surface area contributed by atoms with Crippen LogP contribution in [0.4, 0.5) is 9.41 Å². The molecule has 0 heterocycles. The van der Waals surface area contributed by atoms with E-state index < -0.39 is 0 Å². The van der Waals surface area contributed by atoms with Crippen molar-refractivity contribution in [2.45, 2.75) is 0 Å². The van der Waals surface area contributed by atoms with E-state index in [1.807, 2.05) is 0 Å². The SMILES string of the molecule is F.F.O.[Cr+3].[F-].[F-].[F-]. The van der Waals surface area contributed by atoms with Gasteiger partial charge in [0, 0.05) is 0 Å². The molecular formula is H4CrF5O. The Morgan fingerprint density at radius 3 is 0.571 bits per heavy atom. The van der Waals surface area contributed by atoms with Crippen molar-refractivity contribution in [1.29, 1.82) is 0 Å². The minimum atomic E-state index is 0. The van der Waals surface area contributed by atoms with Gasteiger partial charge in [0.15, 0.2) is 0 Å². The Bertz CT molecular complexity index is 8.04.